The summed E-state index contributed by atoms with van der Waals surface area (Å²) in [7, 11) is 0. The van der Waals surface area contributed by atoms with E-state index in [4.69, 9.17) is 0 Å². The molecule has 0 nitrogen and oxygen atoms in total. The molecule has 0 saturated heterocycles. The molecule has 2 rings (SSSR count). The zero-order valence-corrected chi connectivity index (χ0v) is 11.6. The van der Waals surface area contributed by atoms with Gasteiger partial charge in [-0.1, -0.05) is 90.9 Å². The van der Waals surface area contributed by atoms with Gasteiger partial charge in [0, 0.05) is 0 Å². The van der Waals surface area contributed by atoms with Gasteiger partial charge in [-0.25, -0.2) is 0 Å². The summed E-state index contributed by atoms with van der Waals surface area (Å²) in [4.78, 5) is 0. The van der Waals surface area contributed by atoms with Crippen LogP contribution in [0.3, 0.4) is 0 Å². The summed E-state index contributed by atoms with van der Waals surface area (Å²) in [6.07, 6.45) is 17.9. The fourth-order valence-electron chi connectivity index (χ4n) is 3.36. The van der Waals surface area contributed by atoms with E-state index in [0.29, 0.717) is 0 Å². The van der Waals surface area contributed by atoms with Gasteiger partial charge in [-0.2, -0.15) is 0 Å². The molecule has 2 aliphatic carbocycles. The molecule has 0 amide bonds. The minimum atomic E-state index is 1.16. The Hall–Kier alpha value is 0. The normalized spacial score (nSPS) is 28.9. The lowest BCUT2D eigenvalue weighted by Gasteiger charge is -2.35. The Morgan fingerprint density at radius 3 is 1.19 bits per heavy atom. The Bertz CT molecular complexity index is 120. The van der Waals surface area contributed by atoms with Crippen molar-refractivity contribution in [3.8, 4) is 0 Å². The summed E-state index contributed by atoms with van der Waals surface area (Å²) < 4.78 is 0. The van der Waals surface area contributed by atoms with E-state index in [0.717, 1.165) is 11.8 Å². The molecule has 0 aromatic carbocycles. The second-order valence-electron chi connectivity index (χ2n) is 5.80. The first-order chi connectivity index (χ1) is 7.88. The molecule has 0 spiro atoms. The van der Waals surface area contributed by atoms with E-state index in [1.807, 2.05) is 0 Å². The van der Waals surface area contributed by atoms with E-state index < -0.39 is 0 Å². The van der Waals surface area contributed by atoms with Gasteiger partial charge in [-0.15, -0.1) is 0 Å². The van der Waals surface area contributed by atoms with Gasteiger partial charge in [0.25, 0.3) is 0 Å². The molecule has 0 bridgehead atoms. The fraction of sp³-hybridized carbons (Fsp3) is 1.00. The second kappa shape index (κ2) is 9.07. The molecular formula is C16H32. The van der Waals surface area contributed by atoms with Crippen molar-refractivity contribution in [2.75, 3.05) is 0 Å². The molecule has 0 aromatic rings. The molecule has 0 radical (unpaired) electrons. The fourth-order valence-corrected chi connectivity index (χ4v) is 3.36. The lowest BCUT2D eigenvalue weighted by molar-refractivity contribution is 0.171. The molecule has 2 aliphatic rings. The molecule has 0 N–H and O–H groups in total. The van der Waals surface area contributed by atoms with Crippen LogP contribution in [-0.2, 0) is 0 Å². The molecule has 0 heteroatoms. The van der Waals surface area contributed by atoms with Gasteiger partial charge >= 0.3 is 0 Å². The minimum Gasteiger partial charge on any atom is -0.0654 e. The molecule has 16 heavy (non-hydrogen) atoms. The molecule has 0 aromatic heterocycles. The molecule has 0 unspecified atom stereocenters. The first-order valence-corrected chi connectivity index (χ1v) is 7.88. The highest BCUT2D eigenvalue weighted by Gasteiger charge is 2.26. The van der Waals surface area contributed by atoms with Crippen molar-refractivity contribution in [1.82, 2.24) is 0 Å². The van der Waals surface area contributed by atoms with Gasteiger partial charge in [0.2, 0.25) is 0 Å². The SMILES string of the molecule is C1CCC2CCCCC2C1.CCCCCC. The number of rotatable bonds is 3. The third-order valence-corrected chi connectivity index (χ3v) is 4.42. The summed E-state index contributed by atoms with van der Waals surface area (Å²) in [5.74, 6) is 2.31. The van der Waals surface area contributed by atoms with Crippen molar-refractivity contribution in [1.29, 1.82) is 0 Å². The Balaban J connectivity index is 0.000000187. The number of fused-ring (bicyclic) bond motifs is 1. The minimum absolute atomic E-state index is 1.16. The summed E-state index contributed by atoms with van der Waals surface area (Å²) in [5.41, 5.74) is 0. The Morgan fingerprint density at radius 2 is 0.938 bits per heavy atom. The zero-order valence-electron chi connectivity index (χ0n) is 11.6. The van der Waals surface area contributed by atoms with Crippen LogP contribution in [0, 0.1) is 11.8 Å². The summed E-state index contributed by atoms with van der Waals surface area (Å²) >= 11 is 0. The van der Waals surface area contributed by atoms with Crippen molar-refractivity contribution >= 4 is 0 Å². The van der Waals surface area contributed by atoms with Crippen molar-refractivity contribution in [3.05, 3.63) is 0 Å². The van der Waals surface area contributed by atoms with Crippen LogP contribution in [0.5, 0.6) is 0 Å². The van der Waals surface area contributed by atoms with Gasteiger partial charge in [0.15, 0.2) is 0 Å². The molecule has 0 aliphatic heterocycles. The first kappa shape index (κ1) is 14.1. The third-order valence-electron chi connectivity index (χ3n) is 4.42. The largest absolute Gasteiger partial charge is 0.0654 e. The molecule has 96 valence electrons. The van der Waals surface area contributed by atoms with E-state index in [-0.39, 0.29) is 0 Å². The summed E-state index contributed by atoms with van der Waals surface area (Å²) in [6, 6.07) is 0. The van der Waals surface area contributed by atoms with Gasteiger partial charge in [-0.05, 0) is 11.8 Å². The highest BCUT2D eigenvalue weighted by molar-refractivity contribution is 4.78. The second-order valence-corrected chi connectivity index (χ2v) is 5.80. The number of hydrogen-bond acceptors (Lipinski definition) is 0. The van der Waals surface area contributed by atoms with Gasteiger partial charge in [-0.3, -0.25) is 0 Å². The summed E-state index contributed by atoms with van der Waals surface area (Å²) in [6.45, 7) is 4.46. The lowest BCUT2D eigenvalue weighted by Crippen LogP contribution is -2.22. The average molecular weight is 224 g/mol. The maximum absolute atomic E-state index is 2.23. The van der Waals surface area contributed by atoms with Crippen LogP contribution in [-0.4, -0.2) is 0 Å². The van der Waals surface area contributed by atoms with Crippen LogP contribution in [0.1, 0.15) is 90.9 Å². The van der Waals surface area contributed by atoms with E-state index in [1.54, 1.807) is 25.7 Å². The first-order valence-electron chi connectivity index (χ1n) is 7.88. The molecular weight excluding hydrogens is 192 g/mol. The van der Waals surface area contributed by atoms with Crippen molar-refractivity contribution in [2.24, 2.45) is 11.8 Å². The van der Waals surface area contributed by atoms with Gasteiger partial charge in [0.05, 0.1) is 0 Å². The van der Waals surface area contributed by atoms with E-state index in [1.165, 1.54) is 51.4 Å². The van der Waals surface area contributed by atoms with E-state index in [2.05, 4.69) is 13.8 Å². The summed E-state index contributed by atoms with van der Waals surface area (Å²) in [5, 5.41) is 0. The molecule has 2 saturated carbocycles. The van der Waals surface area contributed by atoms with Crippen LogP contribution in [0.25, 0.3) is 0 Å². The van der Waals surface area contributed by atoms with Crippen LogP contribution >= 0.6 is 0 Å². The highest BCUT2D eigenvalue weighted by Crippen LogP contribution is 2.39. The van der Waals surface area contributed by atoms with Crippen molar-refractivity contribution in [3.63, 3.8) is 0 Å². The molecule has 2 fully saturated rings. The van der Waals surface area contributed by atoms with Crippen LogP contribution in [0.4, 0.5) is 0 Å². The average Bonchev–Trinajstić information content (AvgIpc) is 2.37. The Morgan fingerprint density at radius 1 is 0.625 bits per heavy atom. The smallest absolute Gasteiger partial charge is 0.0386 e. The van der Waals surface area contributed by atoms with Crippen LogP contribution in [0.15, 0.2) is 0 Å². The standard InChI is InChI=1S/C10H18.C6H14/c1-2-6-10-8-4-3-7-9(10)5-1;1-3-5-6-4-2/h9-10H,1-8H2;3-6H2,1-2H3. The highest BCUT2D eigenvalue weighted by atomic mass is 14.3. The van der Waals surface area contributed by atoms with Crippen molar-refractivity contribution < 1.29 is 0 Å². The zero-order chi connectivity index (χ0) is 11.6. The quantitative estimate of drug-likeness (QED) is 0.519. The number of unbranched alkanes of at least 4 members (excludes halogenated alkanes) is 3. The predicted molar refractivity (Wildman–Crippen MR) is 73.7 cm³/mol. The van der Waals surface area contributed by atoms with Crippen LogP contribution in [0.2, 0.25) is 0 Å². The Labute approximate surface area is 103 Å². The van der Waals surface area contributed by atoms with Crippen LogP contribution < -0.4 is 0 Å². The topological polar surface area (TPSA) is 0 Å². The predicted octanol–water partition coefficient (Wildman–Crippen LogP) is 5.95. The van der Waals surface area contributed by atoms with Gasteiger partial charge < -0.3 is 0 Å². The maximum atomic E-state index is 2.23. The molecule has 0 atom stereocenters. The van der Waals surface area contributed by atoms with E-state index in [9.17, 15) is 0 Å². The maximum Gasteiger partial charge on any atom is -0.0386 e. The number of hydrogen-bond donors (Lipinski definition) is 0. The monoisotopic (exact) mass is 224 g/mol. The van der Waals surface area contributed by atoms with E-state index >= 15 is 0 Å². The third kappa shape index (κ3) is 5.37. The molecule has 0 heterocycles. The lowest BCUT2D eigenvalue weighted by atomic mass is 9.71. The Kier molecular flexibility index (Phi) is 7.98. The van der Waals surface area contributed by atoms with Crippen molar-refractivity contribution in [2.45, 2.75) is 90.9 Å². The van der Waals surface area contributed by atoms with Gasteiger partial charge in [0.1, 0.15) is 0 Å².